The summed E-state index contributed by atoms with van der Waals surface area (Å²) in [5.74, 6) is 1.43. The fourth-order valence-electron chi connectivity index (χ4n) is 4.10. The summed E-state index contributed by atoms with van der Waals surface area (Å²) < 4.78 is 5.94. The van der Waals surface area contributed by atoms with Gasteiger partial charge in [0.15, 0.2) is 5.78 Å². The predicted molar refractivity (Wildman–Crippen MR) is 104 cm³/mol. The normalized spacial score (nSPS) is 19.1. The number of rotatable bonds is 4. The van der Waals surface area contributed by atoms with Crippen molar-refractivity contribution in [1.82, 2.24) is 4.90 Å². The highest BCUT2D eigenvalue weighted by molar-refractivity contribution is 6.05. The van der Waals surface area contributed by atoms with E-state index in [0.29, 0.717) is 37.5 Å². The molecule has 2 aliphatic rings. The van der Waals surface area contributed by atoms with Gasteiger partial charge in [0.05, 0.1) is 6.61 Å². The van der Waals surface area contributed by atoms with Gasteiger partial charge in [-0.05, 0) is 49.9 Å². The largest absolute Gasteiger partial charge is 0.493 e. The van der Waals surface area contributed by atoms with Gasteiger partial charge >= 0.3 is 0 Å². The number of piperidine rings is 1. The van der Waals surface area contributed by atoms with Gasteiger partial charge in [-0.15, -0.1) is 0 Å². The summed E-state index contributed by atoms with van der Waals surface area (Å²) in [7, 11) is 0. The second-order valence-electron chi connectivity index (χ2n) is 7.64. The molecule has 27 heavy (non-hydrogen) atoms. The quantitative estimate of drug-likeness (QED) is 0.823. The fraction of sp³-hybridized carbons (Fsp3) is 0.391. The highest BCUT2D eigenvalue weighted by atomic mass is 16.5. The van der Waals surface area contributed by atoms with Crippen molar-refractivity contribution in [3.05, 3.63) is 64.7 Å². The lowest BCUT2D eigenvalue weighted by molar-refractivity contribution is 0.0632. The zero-order chi connectivity index (χ0) is 18.8. The van der Waals surface area contributed by atoms with E-state index in [9.17, 15) is 9.59 Å². The molecule has 0 spiro atoms. The molecule has 0 radical (unpaired) electrons. The summed E-state index contributed by atoms with van der Waals surface area (Å²) >= 11 is 0. The maximum Gasteiger partial charge on any atom is 0.254 e. The molecular formula is C23H25NO3. The lowest BCUT2D eigenvalue weighted by Crippen LogP contribution is -2.41. The van der Waals surface area contributed by atoms with E-state index in [1.807, 2.05) is 47.4 Å². The lowest BCUT2D eigenvalue weighted by Gasteiger charge is -2.33. The van der Waals surface area contributed by atoms with Gasteiger partial charge in [-0.25, -0.2) is 0 Å². The molecule has 1 fully saturated rings. The first kappa shape index (κ1) is 17.8. The number of amides is 1. The molecule has 1 heterocycles. The molecule has 0 aromatic heterocycles. The Morgan fingerprint density at radius 2 is 1.96 bits per heavy atom. The number of aryl methyl sites for hydroxylation is 1. The van der Waals surface area contributed by atoms with Crippen molar-refractivity contribution in [2.75, 3.05) is 19.7 Å². The number of hydrogen-bond acceptors (Lipinski definition) is 3. The number of nitrogens with zero attached hydrogens (tertiary/aromatic N) is 1. The van der Waals surface area contributed by atoms with Crippen LogP contribution < -0.4 is 4.74 Å². The van der Waals surface area contributed by atoms with Crippen molar-refractivity contribution in [2.24, 2.45) is 5.92 Å². The molecule has 0 N–H and O–H groups in total. The average Bonchev–Trinajstić information content (AvgIpc) is 3.08. The van der Waals surface area contributed by atoms with Gasteiger partial charge in [0.25, 0.3) is 5.91 Å². The summed E-state index contributed by atoms with van der Waals surface area (Å²) in [6.45, 7) is 4.17. The van der Waals surface area contributed by atoms with Gasteiger partial charge in [0.1, 0.15) is 5.75 Å². The third-order valence-electron chi connectivity index (χ3n) is 5.62. The maximum atomic E-state index is 13.1. The number of Topliss-reactive ketones (excluding diaryl/α,β-unsaturated/α-hetero) is 1. The molecule has 1 unspecified atom stereocenters. The van der Waals surface area contributed by atoms with Gasteiger partial charge < -0.3 is 9.64 Å². The van der Waals surface area contributed by atoms with Crippen LogP contribution in [-0.4, -0.2) is 36.3 Å². The molecule has 4 nitrogen and oxygen atoms in total. The number of carbonyl (C=O) groups excluding carboxylic acids is 2. The van der Waals surface area contributed by atoms with Crippen LogP contribution in [0.15, 0.2) is 42.5 Å². The van der Waals surface area contributed by atoms with E-state index in [2.05, 4.69) is 6.92 Å². The fourth-order valence-corrected chi connectivity index (χ4v) is 4.10. The summed E-state index contributed by atoms with van der Waals surface area (Å²) in [6, 6.07) is 13.6. The van der Waals surface area contributed by atoms with E-state index in [1.54, 1.807) is 0 Å². The first-order valence-electron chi connectivity index (χ1n) is 9.75. The molecule has 1 amide bonds. The number of ether oxygens (including phenoxy) is 1. The third-order valence-corrected chi connectivity index (χ3v) is 5.62. The van der Waals surface area contributed by atoms with Crippen molar-refractivity contribution in [3.8, 4) is 5.75 Å². The topological polar surface area (TPSA) is 46.6 Å². The Hall–Kier alpha value is -2.62. The van der Waals surface area contributed by atoms with Gasteiger partial charge in [0, 0.05) is 36.6 Å². The van der Waals surface area contributed by atoms with Crippen LogP contribution in [0.1, 0.15) is 51.1 Å². The highest BCUT2D eigenvalue weighted by Crippen LogP contribution is 2.28. The number of likely N-dealkylation sites (tertiary alicyclic amines) is 1. The first-order valence-corrected chi connectivity index (χ1v) is 9.75. The molecule has 1 aliphatic heterocycles. The van der Waals surface area contributed by atoms with Crippen molar-refractivity contribution < 1.29 is 14.3 Å². The Morgan fingerprint density at radius 3 is 2.78 bits per heavy atom. The minimum absolute atomic E-state index is 0.0570. The summed E-state index contributed by atoms with van der Waals surface area (Å²) in [5.41, 5.74) is 3.59. The van der Waals surface area contributed by atoms with Crippen molar-refractivity contribution in [2.45, 2.75) is 32.6 Å². The molecule has 0 saturated carbocycles. The van der Waals surface area contributed by atoms with E-state index < -0.39 is 0 Å². The van der Waals surface area contributed by atoms with Gasteiger partial charge in [0.2, 0.25) is 0 Å². The maximum absolute atomic E-state index is 13.1. The number of benzene rings is 2. The van der Waals surface area contributed by atoms with Crippen LogP contribution in [-0.2, 0) is 6.42 Å². The molecule has 2 aromatic carbocycles. The molecule has 2 aromatic rings. The first-order chi connectivity index (χ1) is 13.1. The summed E-state index contributed by atoms with van der Waals surface area (Å²) in [6.07, 6.45) is 3.26. The van der Waals surface area contributed by atoms with Crippen LogP contribution in [0, 0.1) is 12.8 Å². The Bertz CT molecular complexity index is 856. The molecule has 4 rings (SSSR count). The molecule has 1 saturated heterocycles. The van der Waals surface area contributed by atoms with Gasteiger partial charge in [-0.1, -0.05) is 29.8 Å². The van der Waals surface area contributed by atoms with Crippen molar-refractivity contribution >= 4 is 11.7 Å². The van der Waals surface area contributed by atoms with Crippen LogP contribution in [0.3, 0.4) is 0 Å². The van der Waals surface area contributed by atoms with Gasteiger partial charge in [-0.3, -0.25) is 9.59 Å². The van der Waals surface area contributed by atoms with Crippen LogP contribution in [0.5, 0.6) is 5.75 Å². The predicted octanol–water partition coefficient (Wildman–Crippen LogP) is 4.06. The van der Waals surface area contributed by atoms with Crippen molar-refractivity contribution in [1.29, 1.82) is 0 Å². The number of hydrogen-bond donors (Lipinski definition) is 0. The highest BCUT2D eigenvalue weighted by Gasteiger charge is 2.29. The molecule has 4 heteroatoms. The van der Waals surface area contributed by atoms with Crippen molar-refractivity contribution in [3.63, 3.8) is 0 Å². The number of ketones is 1. The lowest BCUT2D eigenvalue weighted by atomic mass is 9.96. The van der Waals surface area contributed by atoms with Crippen LogP contribution in [0.2, 0.25) is 0 Å². The minimum Gasteiger partial charge on any atom is -0.493 e. The smallest absolute Gasteiger partial charge is 0.254 e. The van der Waals surface area contributed by atoms with E-state index in [-0.39, 0.29) is 11.7 Å². The van der Waals surface area contributed by atoms with E-state index in [0.717, 1.165) is 36.3 Å². The number of carbonyl (C=O) groups is 2. The molecular weight excluding hydrogens is 338 g/mol. The molecule has 1 atom stereocenters. The Morgan fingerprint density at radius 1 is 1.15 bits per heavy atom. The second kappa shape index (κ2) is 7.55. The zero-order valence-corrected chi connectivity index (χ0v) is 15.7. The Kier molecular flexibility index (Phi) is 4.97. The van der Waals surface area contributed by atoms with E-state index >= 15 is 0 Å². The second-order valence-corrected chi connectivity index (χ2v) is 7.64. The van der Waals surface area contributed by atoms with Crippen LogP contribution in [0.25, 0.3) is 0 Å². The SMILES string of the molecule is Cc1ccc(OCC2CCCN(C(=O)c3cccc4c3CCC4=O)C2)cc1. The minimum atomic E-state index is 0.0570. The summed E-state index contributed by atoms with van der Waals surface area (Å²) in [4.78, 5) is 27.0. The van der Waals surface area contributed by atoms with E-state index in [1.165, 1.54) is 5.56 Å². The van der Waals surface area contributed by atoms with Gasteiger partial charge in [-0.2, -0.15) is 0 Å². The standard InChI is InChI=1S/C23H25NO3/c1-16-7-9-18(10-8-16)27-15-17-4-3-13-24(14-17)23(26)21-6-2-5-20-19(21)11-12-22(20)25/h2,5-10,17H,3-4,11-15H2,1H3. The summed E-state index contributed by atoms with van der Waals surface area (Å²) in [5, 5.41) is 0. The van der Waals surface area contributed by atoms with Crippen LogP contribution in [0.4, 0.5) is 0 Å². The molecule has 140 valence electrons. The van der Waals surface area contributed by atoms with Crippen LogP contribution >= 0.6 is 0 Å². The Balaban J connectivity index is 1.42. The Labute approximate surface area is 160 Å². The third kappa shape index (κ3) is 3.75. The molecule has 1 aliphatic carbocycles. The average molecular weight is 363 g/mol. The zero-order valence-electron chi connectivity index (χ0n) is 15.7. The number of fused-ring (bicyclic) bond motifs is 1. The van der Waals surface area contributed by atoms with E-state index in [4.69, 9.17) is 4.74 Å². The monoisotopic (exact) mass is 363 g/mol. The molecule has 0 bridgehead atoms.